The standard InChI is InChI=1S/C11H13N3O2.3C2HF3O2/c12-6-10(15)14-4-3-7-1-2-8(11(13)16)5-9(7)14;3*3-2(4,5)1(6)7/h1-2,5H,3-4,6,12H2,(H2,13,16);3*(H,6,7). The molecule has 210 valence electrons. The van der Waals surface area contributed by atoms with Gasteiger partial charge < -0.3 is 31.7 Å². The lowest BCUT2D eigenvalue weighted by atomic mass is 10.1. The molecule has 20 heteroatoms. The molecule has 0 saturated heterocycles. The van der Waals surface area contributed by atoms with Crippen LogP contribution in [-0.4, -0.2) is 76.7 Å². The molecule has 0 atom stereocenters. The maximum atomic E-state index is 11.5. The molecule has 1 aromatic rings. The molecular formula is C17H16F9N3O8. The molecule has 2 rings (SSSR count). The van der Waals surface area contributed by atoms with E-state index < -0.39 is 42.3 Å². The summed E-state index contributed by atoms with van der Waals surface area (Å²) in [5, 5.41) is 21.4. The highest BCUT2D eigenvalue weighted by molar-refractivity contribution is 5.99. The SMILES string of the molecule is NCC(=O)N1CCc2ccc(C(N)=O)cc21.O=C(O)C(F)(F)F.O=C(O)C(F)(F)F.O=C(O)C(F)(F)F. The molecule has 0 unspecified atom stereocenters. The second-order valence-corrected chi connectivity index (χ2v) is 6.12. The maximum Gasteiger partial charge on any atom is 0.490 e. The van der Waals surface area contributed by atoms with Crippen molar-refractivity contribution in [2.75, 3.05) is 18.0 Å². The molecular weight excluding hydrogens is 545 g/mol. The summed E-state index contributed by atoms with van der Waals surface area (Å²) < 4.78 is 95.2. The predicted octanol–water partition coefficient (Wildman–Crippen LogP) is 1.53. The third-order valence-electron chi connectivity index (χ3n) is 3.47. The second-order valence-electron chi connectivity index (χ2n) is 6.12. The number of alkyl halides is 9. The number of halogens is 9. The zero-order valence-corrected chi connectivity index (χ0v) is 17.7. The number of nitrogens with zero attached hydrogens (tertiary/aromatic N) is 1. The number of carboxylic acids is 3. The quantitative estimate of drug-likeness (QED) is 0.332. The van der Waals surface area contributed by atoms with E-state index in [2.05, 4.69) is 0 Å². The largest absolute Gasteiger partial charge is 0.490 e. The van der Waals surface area contributed by atoms with Gasteiger partial charge in [-0.15, -0.1) is 0 Å². The summed E-state index contributed by atoms with van der Waals surface area (Å²) in [5.74, 6) is -8.90. The first-order chi connectivity index (χ1) is 16.5. The lowest BCUT2D eigenvalue weighted by Crippen LogP contribution is -2.34. The topological polar surface area (TPSA) is 201 Å². The first-order valence-corrected chi connectivity index (χ1v) is 8.80. The van der Waals surface area contributed by atoms with Crippen molar-refractivity contribution in [2.45, 2.75) is 24.9 Å². The molecule has 0 aliphatic carbocycles. The number of primary amides is 1. The molecule has 1 aliphatic rings. The van der Waals surface area contributed by atoms with E-state index in [1.54, 1.807) is 17.0 Å². The van der Waals surface area contributed by atoms with E-state index in [9.17, 15) is 49.1 Å². The molecule has 0 bridgehead atoms. The minimum atomic E-state index is -5.08. The van der Waals surface area contributed by atoms with Crippen LogP contribution in [0.15, 0.2) is 18.2 Å². The van der Waals surface area contributed by atoms with Gasteiger partial charge >= 0.3 is 36.4 Å². The van der Waals surface area contributed by atoms with Gasteiger partial charge in [-0.1, -0.05) is 6.07 Å². The van der Waals surface area contributed by atoms with E-state index in [0.29, 0.717) is 12.1 Å². The van der Waals surface area contributed by atoms with Gasteiger partial charge in [0.15, 0.2) is 0 Å². The monoisotopic (exact) mass is 561 g/mol. The highest BCUT2D eigenvalue weighted by atomic mass is 19.4. The highest BCUT2D eigenvalue weighted by Crippen LogP contribution is 2.28. The number of carboxylic acid groups (broad SMARTS) is 3. The van der Waals surface area contributed by atoms with E-state index in [1.165, 1.54) is 0 Å². The smallest absolute Gasteiger partial charge is 0.475 e. The summed E-state index contributed by atoms with van der Waals surface area (Å²) in [6.07, 6.45) is -14.5. The third kappa shape index (κ3) is 13.5. The van der Waals surface area contributed by atoms with Gasteiger partial charge in [0, 0.05) is 17.8 Å². The Hall–Kier alpha value is -4.10. The number of carbonyl (C=O) groups excluding carboxylic acids is 2. The van der Waals surface area contributed by atoms with Gasteiger partial charge in [0.25, 0.3) is 0 Å². The molecule has 37 heavy (non-hydrogen) atoms. The number of aliphatic carboxylic acids is 3. The fourth-order valence-electron chi connectivity index (χ4n) is 1.90. The van der Waals surface area contributed by atoms with Crippen molar-refractivity contribution in [3.05, 3.63) is 29.3 Å². The van der Waals surface area contributed by atoms with Crippen LogP contribution in [-0.2, 0) is 25.6 Å². The average Bonchev–Trinajstić information content (AvgIpc) is 3.15. The van der Waals surface area contributed by atoms with Gasteiger partial charge in [0.1, 0.15) is 0 Å². The van der Waals surface area contributed by atoms with Crippen LogP contribution in [0.3, 0.4) is 0 Å². The number of hydrogen-bond donors (Lipinski definition) is 5. The number of carbonyl (C=O) groups is 5. The molecule has 0 fully saturated rings. The third-order valence-corrected chi connectivity index (χ3v) is 3.47. The van der Waals surface area contributed by atoms with Gasteiger partial charge in [0.05, 0.1) is 6.54 Å². The lowest BCUT2D eigenvalue weighted by molar-refractivity contribution is -0.193. The fourth-order valence-corrected chi connectivity index (χ4v) is 1.90. The van der Waals surface area contributed by atoms with Crippen LogP contribution in [0.5, 0.6) is 0 Å². The van der Waals surface area contributed by atoms with Crippen molar-refractivity contribution in [3.63, 3.8) is 0 Å². The maximum absolute atomic E-state index is 11.5. The van der Waals surface area contributed by atoms with E-state index >= 15 is 0 Å². The number of rotatable bonds is 2. The lowest BCUT2D eigenvalue weighted by Gasteiger charge is -2.16. The Bertz CT molecular complexity index is 935. The van der Waals surface area contributed by atoms with Gasteiger partial charge in [-0.25, -0.2) is 14.4 Å². The minimum absolute atomic E-state index is 0.0275. The number of hydrogen-bond acceptors (Lipinski definition) is 6. The number of amides is 2. The molecule has 7 N–H and O–H groups in total. The zero-order valence-electron chi connectivity index (χ0n) is 17.7. The summed E-state index contributed by atoms with van der Waals surface area (Å²) in [7, 11) is 0. The van der Waals surface area contributed by atoms with Crippen LogP contribution in [0.1, 0.15) is 15.9 Å². The molecule has 1 aromatic carbocycles. The number of anilines is 1. The number of benzene rings is 1. The van der Waals surface area contributed by atoms with E-state index in [-0.39, 0.29) is 12.5 Å². The van der Waals surface area contributed by atoms with Crippen LogP contribution < -0.4 is 16.4 Å². The molecule has 0 aromatic heterocycles. The normalized spacial score (nSPS) is 12.3. The Morgan fingerprint density at radius 2 is 1.14 bits per heavy atom. The Kier molecular flexibility index (Phi) is 13.1. The number of fused-ring (bicyclic) bond motifs is 1. The van der Waals surface area contributed by atoms with Gasteiger partial charge in [-0.3, -0.25) is 9.59 Å². The summed E-state index contributed by atoms with van der Waals surface area (Å²) in [6, 6.07) is 5.16. The zero-order chi connectivity index (χ0) is 29.9. The molecule has 0 radical (unpaired) electrons. The summed E-state index contributed by atoms with van der Waals surface area (Å²) in [4.78, 5) is 50.9. The molecule has 1 heterocycles. The Balaban J connectivity index is 0. The minimum Gasteiger partial charge on any atom is -0.475 e. The Morgan fingerprint density at radius 1 is 0.784 bits per heavy atom. The van der Waals surface area contributed by atoms with Gasteiger partial charge in [-0.05, 0) is 24.1 Å². The molecule has 1 aliphatic heterocycles. The average molecular weight is 561 g/mol. The van der Waals surface area contributed by atoms with E-state index in [4.69, 9.17) is 41.2 Å². The van der Waals surface area contributed by atoms with E-state index in [1.807, 2.05) is 6.07 Å². The van der Waals surface area contributed by atoms with Gasteiger partial charge in [-0.2, -0.15) is 39.5 Å². The summed E-state index contributed by atoms with van der Waals surface area (Å²) >= 11 is 0. The van der Waals surface area contributed by atoms with Crippen LogP contribution in [0.25, 0.3) is 0 Å². The van der Waals surface area contributed by atoms with Crippen LogP contribution >= 0.6 is 0 Å². The van der Waals surface area contributed by atoms with Crippen LogP contribution in [0.4, 0.5) is 45.2 Å². The molecule has 2 amide bonds. The van der Waals surface area contributed by atoms with Crippen molar-refractivity contribution in [3.8, 4) is 0 Å². The van der Waals surface area contributed by atoms with Crippen molar-refractivity contribution in [1.82, 2.24) is 0 Å². The first-order valence-electron chi connectivity index (χ1n) is 8.80. The predicted molar refractivity (Wildman–Crippen MR) is 101 cm³/mol. The highest BCUT2D eigenvalue weighted by Gasteiger charge is 2.39. The van der Waals surface area contributed by atoms with Crippen LogP contribution in [0.2, 0.25) is 0 Å². The fraction of sp³-hybridized carbons (Fsp3) is 0.353. The Labute approximate surface area is 199 Å². The molecule has 0 spiro atoms. The Morgan fingerprint density at radius 3 is 1.41 bits per heavy atom. The van der Waals surface area contributed by atoms with Crippen molar-refractivity contribution >= 4 is 35.4 Å². The van der Waals surface area contributed by atoms with Crippen molar-refractivity contribution in [2.24, 2.45) is 11.5 Å². The van der Waals surface area contributed by atoms with Gasteiger partial charge in [0.2, 0.25) is 11.8 Å². The second kappa shape index (κ2) is 13.8. The molecule has 0 saturated carbocycles. The van der Waals surface area contributed by atoms with Crippen molar-refractivity contribution in [1.29, 1.82) is 0 Å². The first kappa shape index (κ1) is 35.1. The summed E-state index contributed by atoms with van der Waals surface area (Å²) in [5.41, 5.74) is 12.7. The van der Waals surface area contributed by atoms with Crippen molar-refractivity contribution < 1.29 is 78.8 Å². The molecule has 11 nitrogen and oxygen atoms in total. The van der Waals surface area contributed by atoms with E-state index in [0.717, 1.165) is 17.7 Å². The van der Waals surface area contributed by atoms with Crippen LogP contribution in [0, 0.1) is 0 Å². The summed E-state index contributed by atoms with van der Waals surface area (Å²) in [6.45, 7) is 0.591. The number of nitrogens with two attached hydrogens (primary N) is 2.